The Morgan fingerprint density at radius 1 is 1.05 bits per heavy atom. The maximum atomic E-state index is 12.8. The average molecular weight is 632 g/mol. The number of nitro benzene ring substituents is 1. The molecule has 1 aliphatic heterocycles. The minimum absolute atomic E-state index is 0.0680. The highest BCUT2D eigenvalue weighted by atomic mass is 35.5. The monoisotopic (exact) mass is 631 g/mol. The van der Waals surface area contributed by atoms with Gasteiger partial charge in [0.05, 0.1) is 17.4 Å². The van der Waals surface area contributed by atoms with Gasteiger partial charge >= 0.3 is 5.97 Å². The Hall–Kier alpha value is -5.24. The number of halogens is 2. The Balaban J connectivity index is 1.45. The van der Waals surface area contributed by atoms with E-state index < -0.39 is 16.8 Å². The number of hydrogen-bond donors (Lipinski definition) is 1. The van der Waals surface area contributed by atoms with Crippen molar-refractivity contribution in [1.82, 2.24) is 0 Å². The van der Waals surface area contributed by atoms with Crippen LogP contribution in [-0.4, -0.2) is 17.5 Å². The number of fused-ring (bicyclic) bond motifs is 1. The summed E-state index contributed by atoms with van der Waals surface area (Å²) < 4.78 is 23.1. The first-order valence-corrected chi connectivity index (χ1v) is 14.0. The molecule has 1 atom stereocenters. The zero-order valence-corrected chi connectivity index (χ0v) is 24.6. The highest BCUT2D eigenvalue weighted by Gasteiger charge is 2.32. The largest absolute Gasteiger partial charge is 0.490 e. The Kier molecular flexibility index (Phi) is 8.90. The standard InChI is InChI=1S/C32H23Cl2N3O7/c1-2-41-29-13-18(8-12-27(29)42-17-19-7-9-20(33)14-25(19)34)30-23-11-10-21(15-28(23)44-31(36)24(30)16-35)43-32(38)22-5-3-4-6-26(22)37(39)40/h3-15,30H,2,17,36H2,1H3. The molecule has 1 aliphatic rings. The Bertz CT molecular complexity index is 1850. The number of rotatable bonds is 9. The number of carbonyl (C=O) groups excluding carboxylic acids is 1. The van der Waals surface area contributed by atoms with Crippen LogP contribution in [0.4, 0.5) is 5.69 Å². The molecule has 1 heterocycles. The molecule has 10 nitrogen and oxygen atoms in total. The van der Waals surface area contributed by atoms with Gasteiger partial charge in [-0.15, -0.1) is 0 Å². The van der Waals surface area contributed by atoms with Crippen molar-refractivity contribution >= 4 is 34.9 Å². The molecule has 0 saturated carbocycles. The summed E-state index contributed by atoms with van der Waals surface area (Å²) in [7, 11) is 0. The third-order valence-corrected chi connectivity index (χ3v) is 7.31. The number of nitrogens with two attached hydrogens (primary N) is 1. The minimum Gasteiger partial charge on any atom is -0.490 e. The molecule has 2 N–H and O–H groups in total. The van der Waals surface area contributed by atoms with Gasteiger partial charge in [-0.1, -0.05) is 53.5 Å². The average Bonchev–Trinajstić information content (AvgIpc) is 3.00. The van der Waals surface area contributed by atoms with E-state index in [-0.39, 0.29) is 40.8 Å². The van der Waals surface area contributed by atoms with Crippen molar-refractivity contribution in [3.05, 3.63) is 133 Å². The molecule has 1 unspecified atom stereocenters. The summed E-state index contributed by atoms with van der Waals surface area (Å²) in [5, 5.41) is 22.3. The molecule has 0 aliphatic carbocycles. The van der Waals surface area contributed by atoms with Gasteiger partial charge in [-0.3, -0.25) is 10.1 Å². The third-order valence-electron chi connectivity index (χ3n) is 6.72. The fourth-order valence-electron chi connectivity index (χ4n) is 4.70. The lowest BCUT2D eigenvalue weighted by molar-refractivity contribution is -0.385. The van der Waals surface area contributed by atoms with Crippen molar-refractivity contribution in [3.63, 3.8) is 0 Å². The summed E-state index contributed by atoms with van der Waals surface area (Å²) in [5.74, 6) is -0.475. The summed E-state index contributed by atoms with van der Waals surface area (Å²) in [6, 6.07) is 22.6. The molecule has 0 radical (unpaired) electrons. The number of hydrogen-bond acceptors (Lipinski definition) is 9. The van der Waals surface area contributed by atoms with E-state index in [1.807, 2.05) is 6.92 Å². The molecule has 12 heteroatoms. The molecule has 44 heavy (non-hydrogen) atoms. The molecular weight excluding hydrogens is 609 g/mol. The number of carbonyl (C=O) groups is 1. The summed E-state index contributed by atoms with van der Waals surface area (Å²) in [4.78, 5) is 23.5. The van der Waals surface area contributed by atoms with E-state index >= 15 is 0 Å². The smallest absolute Gasteiger partial charge is 0.350 e. The minimum atomic E-state index is -0.914. The number of esters is 1. The number of ether oxygens (including phenoxy) is 4. The number of nitro groups is 1. The maximum Gasteiger partial charge on any atom is 0.350 e. The second-order valence-electron chi connectivity index (χ2n) is 9.45. The van der Waals surface area contributed by atoms with Crippen LogP contribution in [-0.2, 0) is 6.61 Å². The maximum absolute atomic E-state index is 12.8. The first kappa shape index (κ1) is 30.2. The van der Waals surface area contributed by atoms with Crippen LogP contribution in [0.2, 0.25) is 10.0 Å². The van der Waals surface area contributed by atoms with E-state index in [0.29, 0.717) is 39.3 Å². The number of para-hydroxylation sites is 1. The van der Waals surface area contributed by atoms with Crippen LogP contribution in [0.15, 0.2) is 90.3 Å². The summed E-state index contributed by atoms with van der Waals surface area (Å²) in [6.07, 6.45) is 0. The number of nitrogens with zero attached hydrogens (tertiary/aromatic N) is 2. The van der Waals surface area contributed by atoms with Crippen molar-refractivity contribution in [2.45, 2.75) is 19.4 Å². The van der Waals surface area contributed by atoms with Gasteiger partial charge in [-0.25, -0.2) is 4.79 Å². The van der Waals surface area contributed by atoms with E-state index in [0.717, 1.165) is 5.56 Å². The second-order valence-corrected chi connectivity index (χ2v) is 10.3. The van der Waals surface area contributed by atoms with Gasteiger partial charge in [-0.2, -0.15) is 5.26 Å². The fourth-order valence-corrected chi connectivity index (χ4v) is 5.16. The zero-order chi connectivity index (χ0) is 31.4. The zero-order valence-electron chi connectivity index (χ0n) is 23.1. The van der Waals surface area contributed by atoms with Crippen LogP contribution >= 0.6 is 23.2 Å². The van der Waals surface area contributed by atoms with Crippen LogP contribution in [0.25, 0.3) is 0 Å². The lowest BCUT2D eigenvalue weighted by Gasteiger charge is -2.27. The van der Waals surface area contributed by atoms with Crippen molar-refractivity contribution in [2.75, 3.05) is 6.61 Å². The van der Waals surface area contributed by atoms with Crippen molar-refractivity contribution < 1.29 is 28.7 Å². The summed E-state index contributed by atoms with van der Waals surface area (Å²) in [6.45, 7) is 2.35. The number of nitriles is 1. The van der Waals surface area contributed by atoms with Crippen LogP contribution in [0.5, 0.6) is 23.0 Å². The molecular formula is C32H23Cl2N3O7. The quantitative estimate of drug-likeness (QED) is 0.0868. The molecule has 0 amide bonds. The molecule has 0 bridgehead atoms. The third kappa shape index (κ3) is 6.24. The highest BCUT2D eigenvalue weighted by molar-refractivity contribution is 6.35. The SMILES string of the molecule is CCOc1cc(C2C(C#N)=C(N)Oc3cc(OC(=O)c4ccccc4[N+](=O)[O-])ccc32)ccc1OCc1ccc(Cl)cc1Cl. The normalized spacial score (nSPS) is 13.7. The summed E-state index contributed by atoms with van der Waals surface area (Å²) in [5.41, 5.74) is 7.73. The van der Waals surface area contributed by atoms with Gasteiger partial charge in [0.1, 0.15) is 35.3 Å². The predicted octanol–water partition coefficient (Wildman–Crippen LogP) is 7.32. The van der Waals surface area contributed by atoms with E-state index in [4.69, 9.17) is 47.9 Å². The van der Waals surface area contributed by atoms with Gasteiger partial charge in [0.2, 0.25) is 5.88 Å². The summed E-state index contributed by atoms with van der Waals surface area (Å²) >= 11 is 12.3. The Labute approximate surface area is 261 Å². The topological polar surface area (TPSA) is 147 Å². The van der Waals surface area contributed by atoms with Crippen molar-refractivity contribution in [2.24, 2.45) is 5.73 Å². The van der Waals surface area contributed by atoms with Crippen molar-refractivity contribution in [3.8, 4) is 29.1 Å². The Morgan fingerprint density at radius 3 is 2.57 bits per heavy atom. The first-order valence-electron chi connectivity index (χ1n) is 13.2. The van der Waals surface area contributed by atoms with E-state index in [1.165, 1.54) is 36.4 Å². The van der Waals surface area contributed by atoms with Crippen LogP contribution < -0.4 is 24.7 Å². The van der Waals surface area contributed by atoms with Gasteiger partial charge in [-0.05, 0) is 48.9 Å². The molecule has 222 valence electrons. The second kappa shape index (κ2) is 13.0. The van der Waals surface area contributed by atoms with Gasteiger partial charge in [0.15, 0.2) is 11.5 Å². The van der Waals surface area contributed by atoms with Crippen LogP contribution in [0.1, 0.15) is 39.9 Å². The number of benzene rings is 4. The van der Waals surface area contributed by atoms with Crippen LogP contribution in [0.3, 0.4) is 0 Å². The fraction of sp³-hybridized carbons (Fsp3) is 0.125. The van der Waals surface area contributed by atoms with E-state index in [2.05, 4.69) is 6.07 Å². The van der Waals surface area contributed by atoms with E-state index in [9.17, 15) is 20.2 Å². The van der Waals surface area contributed by atoms with Gasteiger partial charge in [0.25, 0.3) is 5.69 Å². The van der Waals surface area contributed by atoms with Crippen molar-refractivity contribution in [1.29, 1.82) is 5.26 Å². The lowest BCUT2D eigenvalue weighted by atomic mass is 9.83. The molecule has 0 spiro atoms. The highest BCUT2D eigenvalue weighted by Crippen LogP contribution is 2.45. The lowest BCUT2D eigenvalue weighted by Crippen LogP contribution is -2.21. The first-order chi connectivity index (χ1) is 21.2. The van der Waals surface area contributed by atoms with Gasteiger partial charge in [0, 0.05) is 33.3 Å². The Morgan fingerprint density at radius 2 is 1.84 bits per heavy atom. The molecule has 4 aromatic carbocycles. The molecule has 4 aromatic rings. The molecule has 0 aromatic heterocycles. The van der Waals surface area contributed by atoms with Crippen LogP contribution in [0, 0.1) is 21.4 Å². The predicted molar refractivity (Wildman–Crippen MR) is 162 cm³/mol. The molecule has 0 saturated heterocycles. The number of allylic oxidation sites excluding steroid dienone is 1. The molecule has 0 fully saturated rings. The molecule has 5 rings (SSSR count). The van der Waals surface area contributed by atoms with Gasteiger partial charge < -0.3 is 24.7 Å². The van der Waals surface area contributed by atoms with E-state index in [1.54, 1.807) is 42.5 Å².